The topological polar surface area (TPSA) is 125 Å². The van der Waals surface area contributed by atoms with E-state index in [1.165, 1.54) is 19.2 Å². The number of anilines is 1. The average molecular weight is 646 g/mol. The van der Waals surface area contributed by atoms with Gasteiger partial charge in [0.15, 0.2) is 0 Å². The predicted octanol–water partition coefficient (Wildman–Crippen LogP) is 8.10. The van der Waals surface area contributed by atoms with Crippen LogP contribution in [0.1, 0.15) is 61.7 Å². The normalized spacial score (nSPS) is 12.4. The highest BCUT2D eigenvalue weighted by Crippen LogP contribution is 2.51. The highest BCUT2D eigenvalue weighted by Gasteiger charge is 2.58. The lowest BCUT2D eigenvalue weighted by Crippen LogP contribution is -2.44. The third-order valence-electron chi connectivity index (χ3n) is 7.60. The molecule has 8 nitrogen and oxygen atoms in total. The number of carboxylic acids is 2. The molecule has 0 aliphatic heterocycles. The van der Waals surface area contributed by atoms with E-state index in [4.69, 9.17) is 11.3 Å². The molecule has 11 heteroatoms. The van der Waals surface area contributed by atoms with Crippen LogP contribution in [0.5, 0.6) is 11.5 Å². The second-order valence-corrected chi connectivity index (χ2v) is 10.7. The summed E-state index contributed by atoms with van der Waals surface area (Å²) in [5, 5.41) is 24.8. The molecule has 0 fully saturated rings. The van der Waals surface area contributed by atoms with Gasteiger partial charge in [-0.3, -0.25) is 11.4 Å². The molecule has 1 unspecified atom stereocenters. The van der Waals surface area contributed by atoms with Gasteiger partial charge in [-0.1, -0.05) is 48.0 Å². The molecule has 0 spiro atoms. The number of halogens is 3. The predicted molar refractivity (Wildman–Crippen MR) is 173 cm³/mol. The van der Waals surface area contributed by atoms with Crippen molar-refractivity contribution >= 4 is 29.2 Å². The number of ether oxygens (including phenoxy) is 1. The number of rotatable bonds is 11. The lowest BCUT2D eigenvalue weighted by Gasteiger charge is -2.39. The first-order chi connectivity index (χ1) is 22.1. The van der Waals surface area contributed by atoms with Crippen LogP contribution in [0.4, 0.5) is 18.9 Å². The Hall–Kier alpha value is -5.84. The first-order valence-corrected chi connectivity index (χ1v) is 14.0. The minimum atomic E-state index is -5.12. The molecule has 0 saturated carbocycles. The van der Waals surface area contributed by atoms with Crippen molar-refractivity contribution in [3.05, 3.63) is 143 Å². The number of carboxylic acid groups (broad SMARTS) is 2. The van der Waals surface area contributed by atoms with Crippen LogP contribution in [0.15, 0.2) is 97.1 Å². The number of aryl methyl sites for hydroxylation is 1. The molecule has 0 aromatic heterocycles. The molecule has 47 heavy (non-hydrogen) atoms. The van der Waals surface area contributed by atoms with E-state index in [9.17, 15) is 24.6 Å². The first-order valence-electron chi connectivity index (χ1n) is 14.0. The fourth-order valence-electron chi connectivity index (χ4n) is 5.25. The summed E-state index contributed by atoms with van der Waals surface area (Å²) >= 11 is 0. The van der Waals surface area contributed by atoms with E-state index in [1.54, 1.807) is 24.3 Å². The largest absolute Gasteiger partial charge is 0.479 e. The van der Waals surface area contributed by atoms with E-state index in [-0.39, 0.29) is 18.4 Å². The molecule has 0 aliphatic carbocycles. The van der Waals surface area contributed by atoms with Gasteiger partial charge in [-0.15, -0.1) is 17.3 Å². The van der Waals surface area contributed by atoms with Crippen molar-refractivity contribution in [1.29, 1.82) is 0 Å². The van der Waals surface area contributed by atoms with Crippen molar-refractivity contribution in [2.24, 2.45) is 0 Å². The number of nitrogens with one attached hydrogen (secondary N) is 2. The van der Waals surface area contributed by atoms with Crippen molar-refractivity contribution < 1.29 is 43.9 Å². The summed E-state index contributed by atoms with van der Waals surface area (Å²) in [6.07, 6.45) is -5.12. The van der Waals surface area contributed by atoms with Gasteiger partial charge in [-0.25, -0.2) is 9.59 Å². The van der Waals surface area contributed by atoms with Gasteiger partial charge in [0.1, 0.15) is 16.9 Å². The third-order valence-corrected chi connectivity index (χ3v) is 7.60. The fraction of sp³-hybridized carbons (Fsp3) is 0.139. The van der Waals surface area contributed by atoms with Gasteiger partial charge in [0, 0.05) is 14.2 Å². The lowest BCUT2D eigenvalue weighted by molar-refractivity contribution is -0.167. The summed E-state index contributed by atoms with van der Waals surface area (Å²) in [5.74, 6) is -3.05. The Bertz CT molecular complexity index is 1890. The van der Waals surface area contributed by atoms with Crippen LogP contribution in [0, 0.1) is 13.5 Å². The molecular formula is C36H32F3N2O6-. The van der Waals surface area contributed by atoms with Gasteiger partial charge in [0.2, 0.25) is 0 Å². The van der Waals surface area contributed by atoms with Crippen LogP contribution < -0.4 is 15.4 Å². The minimum Gasteiger partial charge on any atom is -0.479 e. The summed E-state index contributed by atoms with van der Waals surface area (Å²) in [7, 11) is 1.42. The van der Waals surface area contributed by atoms with Crippen LogP contribution in [-0.2, 0) is 5.41 Å². The van der Waals surface area contributed by atoms with Crippen molar-refractivity contribution in [2.75, 3.05) is 12.4 Å². The highest BCUT2D eigenvalue weighted by molar-refractivity contribution is 6.11. The molecule has 1 atom stereocenters. The van der Waals surface area contributed by atoms with Crippen LogP contribution in [0.3, 0.4) is 0 Å². The third kappa shape index (κ3) is 6.74. The van der Waals surface area contributed by atoms with Crippen LogP contribution in [-0.4, -0.2) is 41.3 Å². The van der Waals surface area contributed by atoms with Crippen molar-refractivity contribution in [3.8, 4) is 11.5 Å². The summed E-state index contributed by atoms with van der Waals surface area (Å²) in [5.41, 5.74) is -5.08. The quantitative estimate of drug-likeness (QED) is 0.0960. The molecule has 0 aliphatic rings. The minimum absolute atomic E-state index is 0. The van der Waals surface area contributed by atoms with Gasteiger partial charge in [0.05, 0.1) is 11.1 Å². The summed E-state index contributed by atoms with van der Waals surface area (Å²) < 4.78 is 51.8. The summed E-state index contributed by atoms with van der Waals surface area (Å²) in [6, 6.07) is 19.1. The lowest BCUT2D eigenvalue weighted by atomic mass is 9.68. The average Bonchev–Trinajstić information content (AvgIpc) is 3.02. The monoisotopic (exact) mass is 645 g/mol. The number of carbonyl (C=O) groups is 3. The maximum Gasteiger partial charge on any atom is 0.406 e. The molecule has 4 rings (SSSR count). The van der Waals surface area contributed by atoms with Gasteiger partial charge in [-0.2, -0.15) is 13.2 Å². The smallest absolute Gasteiger partial charge is 0.406 e. The van der Waals surface area contributed by atoms with Crippen molar-refractivity contribution in [3.63, 3.8) is 0 Å². The Labute approximate surface area is 270 Å². The van der Waals surface area contributed by atoms with Crippen molar-refractivity contribution in [2.45, 2.75) is 25.4 Å². The van der Waals surface area contributed by atoms with E-state index in [0.29, 0.717) is 11.5 Å². The molecule has 0 saturated heterocycles. The Balaban J connectivity index is 0.00000625. The first kappa shape index (κ1) is 34.0. The van der Waals surface area contributed by atoms with Crippen LogP contribution in [0.2, 0.25) is 0 Å². The molecule has 4 aromatic rings. The van der Waals surface area contributed by atoms with E-state index in [1.807, 2.05) is 19.1 Å². The second-order valence-electron chi connectivity index (χ2n) is 10.7. The number of benzene rings is 4. The molecular weight excluding hydrogens is 613 g/mol. The fourth-order valence-corrected chi connectivity index (χ4v) is 5.25. The standard InChI is InChI=1S/C36H30F3N2O6.H2/c1-20(2)35(36(37,38)39,24-8-16-28(22(4)40-5)31(19-24)34(45)46)23-9-17-29(33(43)44)30(18-23)32(42)41-25-10-14-27(15-11-25)47-26-12-6-21(3)7-13-26;/h4,6-19,40H,1H2,2-3,5H3,(H,41,42)(H,43,44)(H,45,46);1H/q-1;. The zero-order valence-electron chi connectivity index (χ0n) is 25.5. The molecule has 244 valence electrons. The number of hydrogen-bond donors (Lipinski definition) is 4. The number of amides is 1. The molecule has 4 aromatic carbocycles. The van der Waals surface area contributed by atoms with Crippen molar-refractivity contribution in [1.82, 2.24) is 5.32 Å². The van der Waals surface area contributed by atoms with Gasteiger partial charge in [0.25, 0.3) is 5.91 Å². The summed E-state index contributed by atoms with van der Waals surface area (Å²) in [4.78, 5) is 37.7. The Kier molecular flexibility index (Phi) is 9.60. The maximum atomic E-state index is 15.3. The van der Waals surface area contributed by atoms with E-state index in [0.717, 1.165) is 48.9 Å². The number of alkyl halides is 3. The van der Waals surface area contributed by atoms with Crippen LogP contribution >= 0.6 is 0 Å². The maximum absolute atomic E-state index is 15.3. The zero-order chi connectivity index (χ0) is 34.7. The summed E-state index contributed by atoms with van der Waals surface area (Å²) in [6.45, 7) is 12.5. The molecule has 0 heterocycles. The number of allylic oxidation sites excluding steroid dienone is 1. The van der Waals surface area contributed by atoms with E-state index < -0.39 is 62.8 Å². The van der Waals surface area contributed by atoms with Gasteiger partial charge < -0.3 is 25.6 Å². The SMILES string of the molecule is [CH-]=C(NC)c1ccc(C(C(=C)C)(c2ccc(C(=O)O)c(C(=O)Nc3ccc(Oc4ccc(C)cc4)cc3)c2)C(F)(F)F)cc1C(=O)O.[HH]. The molecule has 0 bridgehead atoms. The number of carbonyl (C=O) groups excluding carboxylic acids is 1. The van der Waals surface area contributed by atoms with Crippen LogP contribution in [0.25, 0.3) is 5.70 Å². The van der Waals surface area contributed by atoms with E-state index in [2.05, 4.69) is 17.2 Å². The molecule has 1 amide bonds. The highest BCUT2D eigenvalue weighted by atomic mass is 19.4. The van der Waals surface area contributed by atoms with Gasteiger partial charge >= 0.3 is 18.1 Å². The number of aromatic carboxylic acids is 2. The van der Waals surface area contributed by atoms with Gasteiger partial charge in [-0.05, 0) is 79.1 Å². The Morgan fingerprint density at radius 1 is 0.787 bits per heavy atom. The number of hydrogen-bond acceptors (Lipinski definition) is 5. The molecule has 4 N–H and O–H groups in total. The Morgan fingerprint density at radius 2 is 1.28 bits per heavy atom. The molecule has 0 radical (unpaired) electrons. The zero-order valence-corrected chi connectivity index (χ0v) is 25.5. The Morgan fingerprint density at radius 3 is 1.74 bits per heavy atom. The second kappa shape index (κ2) is 13.3. The van der Waals surface area contributed by atoms with E-state index >= 15 is 13.2 Å².